The van der Waals surface area contributed by atoms with Crippen molar-refractivity contribution in [3.05, 3.63) is 58.6 Å². The predicted molar refractivity (Wildman–Crippen MR) is 91.6 cm³/mol. The molecule has 1 amide bonds. The summed E-state index contributed by atoms with van der Waals surface area (Å²) >= 11 is 6.05. The smallest absolute Gasteiger partial charge is 0.372 e. The molecule has 1 atom stereocenters. The summed E-state index contributed by atoms with van der Waals surface area (Å²) in [5, 5.41) is 12.9. The van der Waals surface area contributed by atoms with Crippen molar-refractivity contribution in [2.45, 2.75) is 13.3 Å². The Morgan fingerprint density at radius 2 is 2.00 bits per heavy atom. The third-order valence-corrected chi connectivity index (χ3v) is 4.40. The van der Waals surface area contributed by atoms with Crippen molar-refractivity contribution >= 4 is 28.9 Å². The lowest BCUT2D eigenvalue weighted by Gasteiger charge is -2.13. The normalized spacial score (nSPS) is 18.0. The van der Waals surface area contributed by atoms with Crippen LogP contribution in [-0.2, 0) is 4.79 Å². The first kappa shape index (κ1) is 16.5. The highest BCUT2D eigenvalue weighted by Crippen LogP contribution is 2.23. The maximum absolute atomic E-state index is 12.5. The molecule has 5 nitrogen and oxygen atoms in total. The number of rotatable bonds is 5. The van der Waals surface area contributed by atoms with Gasteiger partial charge in [0, 0.05) is 12.0 Å². The van der Waals surface area contributed by atoms with Gasteiger partial charge in [-0.15, -0.1) is 0 Å². The molecule has 0 aromatic heterocycles. The molecule has 1 aliphatic rings. The van der Waals surface area contributed by atoms with Gasteiger partial charge in [-0.3, -0.25) is 0 Å². The number of aryl methyl sites for hydroxylation is 1. The van der Waals surface area contributed by atoms with Crippen LogP contribution in [-0.4, -0.2) is 30.0 Å². The molecule has 2 aromatic carbocycles. The molecule has 2 N–H and O–H groups in total. The van der Waals surface area contributed by atoms with Gasteiger partial charge in [0.25, 0.3) is 0 Å². The third-order valence-electron chi connectivity index (χ3n) is 4.08. The molecule has 124 valence electrons. The summed E-state index contributed by atoms with van der Waals surface area (Å²) in [5.74, 6) is 0.427. The molecule has 1 unspecified atom stereocenters. The fourth-order valence-electron chi connectivity index (χ4n) is 2.98. The molecular weight excluding hydrogens is 328 g/mol. The molecule has 1 aliphatic heterocycles. The van der Waals surface area contributed by atoms with Crippen molar-refractivity contribution in [1.29, 1.82) is 0 Å². The molecule has 0 radical (unpaired) electrons. The van der Waals surface area contributed by atoms with Crippen molar-refractivity contribution in [2.24, 2.45) is 5.16 Å². The number of ether oxygens (including phenoxy) is 1. The summed E-state index contributed by atoms with van der Waals surface area (Å²) in [6.07, 6.45) is 0.665. The number of hydrogen-bond donors (Lipinski definition) is 2. The van der Waals surface area contributed by atoms with E-state index in [1.54, 1.807) is 6.07 Å². The monoisotopic (exact) mass is 345 g/mol. The molecule has 6 heteroatoms. The standard InChI is InChI=1S/C18H17ClN2O3/c1-12-6-4-7-13-16(20-23)18(22)21(17(12)13)10-5-11-24-15-9-3-2-8-14(15)19/h2-4,6-9,23H,5,10-11H2,1H3/p+1. The van der Waals surface area contributed by atoms with Crippen LogP contribution in [0.15, 0.2) is 47.6 Å². The Bertz CT molecular complexity index is 805. The zero-order valence-electron chi connectivity index (χ0n) is 13.3. The first-order valence-corrected chi connectivity index (χ1v) is 8.11. The number of oxime groups is 1. The van der Waals surface area contributed by atoms with E-state index in [0.717, 1.165) is 11.3 Å². The molecule has 24 heavy (non-hydrogen) atoms. The second-order valence-corrected chi connectivity index (χ2v) is 6.04. The lowest BCUT2D eigenvalue weighted by atomic mass is 10.1. The van der Waals surface area contributed by atoms with Crippen LogP contribution in [0.3, 0.4) is 0 Å². The Morgan fingerprint density at radius 1 is 1.21 bits per heavy atom. The number of hydrogen-bond acceptors (Lipinski definition) is 4. The lowest BCUT2D eigenvalue weighted by molar-refractivity contribution is -0.742. The van der Waals surface area contributed by atoms with E-state index in [9.17, 15) is 4.79 Å². The zero-order valence-corrected chi connectivity index (χ0v) is 14.0. The molecular formula is C18H18ClN2O3+. The molecule has 0 fully saturated rings. The molecule has 0 bridgehead atoms. The Kier molecular flexibility index (Phi) is 4.83. The number of halogens is 1. The van der Waals surface area contributed by atoms with Gasteiger partial charge in [-0.25, -0.2) is 9.69 Å². The number of nitrogens with one attached hydrogen (secondary N) is 1. The van der Waals surface area contributed by atoms with Gasteiger partial charge in [-0.05, 0) is 25.1 Å². The Balaban J connectivity index is 1.68. The summed E-state index contributed by atoms with van der Waals surface area (Å²) in [6.45, 7) is 2.96. The van der Waals surface area contributed by atoms with Crippen LogP contribution in [0.5, 0.6) is 5.75 Å². The Labute approximate surface area is 145 Å². The molecule has 0 aliphatic carbocycles. The summed E-state index contributed by atoms with van der Waals surface area (Å²) < 4.78 is 5.67. The van der Waals surface area contributed by atoms with E-state index in [2.05, 4.69) is 5.16 Å². The van der Waals surface area contributed by atoms with Crippen LogP contribution in [0.4, 0.5) is 5.69 Å². The molecule has 0 saturated carbocycles. The number of amides is 1. The fraction of sp³-hybridized carbons (Fsp3) is 0.222. The van der Waals surface area contributed by atoms with Crippen LogP contribution >= 0.6 is 11.6 Å². The molecule has 1 heterocycles. The largest absolute Gasteiger partial charge is 0.492 e. The van der Waals surface area contributed by atoms with Crippen molar-refractivity contribution < 1.29 is 19.6 Å². The summed E-state index contributed by atoms with van der Waals surface area (Å²) in [7, 11) is 0. The van der Waals surface area contributed by atoms with Crippen LogP contribution in [0.25, 0.3) is 0 Å². The maximum atomic E-state index is 12.5. The van der Waals surface area contributed by atoms with E-state index in [1.807, 2.05) is 43.3 Å². The van der Waals surface area contributed by atoms with E-state index in [4.69, 9.17) is 21.5 Å². The van der Waals surface area contributed by atoms with E-state index in [1.165, 1.54) is 0 Å². The van der Waals surface area contributed by atoms with Crippen molar-refractivity contribution in [2.75, 3.05) is 13.2 Å². The minimum Gasteiger partial charge on any atom is -0.492 e. The molecule has 0 saturated heterocycles. The summed E-state index contributed by atoms with van der Waals surface area (Å²) in [5.41, 5.74) is 2.70. The fourth-order valence-corrected chi connectivity index (χ4v) is 3.17. The first-order chi connectivity index (χ1) is 11.6. The van der Waals surface area contributed by atoms with Gasteiger partial charge in [0.2, 0.25) is 5.71 Å². The first-order valence-electron chi connectivity index (χ1n) is 7.73. The van der Waals surface area contributed by atoms with Crippen LogP contribution in [0.1, 0.15) is 17.5 Å². The number of carbonyl (C=O) groups excluding carboxylic acids is 1. The van der Waals surface area contributed by atoms with E-state index in [-0.39, 0.29) is 11.6 Å². The maximum Gasteiger partial charge on any atom is 0.372 e. The number of quaternary nitrogens is 1. The lowest BCUT2D eigenvalue weighted by Crippen LogP contribution is -3.09. The van der Waals surface area contributed by atoms with Crippen molar-refractivity contribution in [1.82, 2.24) is 0 Å². The quantitative estimate of drug-likeness (QED) is 0.497. The summed E-state index contributed by atoms with van der Waals surface area (Å²) in [6, 6.07) is 12.9. The van der Waals surface area contributed by atoms with Gasteiger partial charge in [-0.2, -0.15) is 0 Å². The zero-order chi connectivity index (χ0) is 17.1. The van der Waals surface area contributed by atoms with E-state index < -0.39 is 0 Å². The highest BCUT2D eigenvalue weighted by atomic mass is 35.5. The highest BCUT2D eigenvalue weighted by Gasteiger charge is 2.41. The SMILES string of the molecule is Cc1cccc2c1[NH+](CCCOc1ccccc1Cl)C(=O)C2=NO. The second kappa shape index (κ2) is 7.03. The van der Waals surface area contributed by atoms with Crippen molar-refractivity contribution in [3.63, 3.8) is 0 Å². The van der Waals surface area contributed by atoms with Crippen LogP contribution < -0.4 is 9.64 Å². The molecule has 0 spiro atoms. The van der Waals surface area contributed by atoms with Gasteiger partial charge in [0.05, 0.1) is 23.7 Å². The van der Waals surface area contributed by atoms with E-state index in [0.29, 0.717) is 40.8 Å². The number of fused-ring (bicyclic) bond motifs is 1. The number of benzene rings is 2. The second-order valence-electron chi connectivity index (χ2n) is 5.64. The van der Waals surface area contributed by atoms with Crippen LogP contribution in [0.2, 0.25) is 5.02 Å². The Hall–Kier alpha value is -2.37. The molecule has 2 aromatic rings. The van der Waals surface area contributed by atoms with Gasteiger partial charge in [0.1, 0.15) is 5.75 Å². The number of para-hydroxylation sites is 2. The minimum absolute atomic E-state index is 0.121. The number of carbonyl (C=O) groups is 1. The van der Waals surface area contributed by atoms with Gasteiger partial charge in [0.15, 0.2) is 5.69 Å². The molecule has 3 rings (SSSR count). The van der Waals surface area contributed by atoms with Gasteiger partial charge >= 0.3 is 5.91 Å². The van der Waals surface area contributed by atoms with E-state index >= 15 is 0 Å². The van der Waals surface area contributed by atoms with Crippen LogP contribution in [0, 0.1) is 6.92 Å². The predicted octanol–water partition coefficient (Wildman–Crippen LogP) is 2.35. The summed E-state index contributed by atoms with van der Waals surface area (Å²) in [4.78, 5) is 13.2. The average Bonchev–Trinajstić information content (AvgIpc) is 2.85. The average molecular weight is 346 g/mol. The topological polar surface area (TPSA) is 63.3 Å². The Morgan fingerprint density at radius 3 is 2.75 bits per heavy atom. The number of nitrogens with zero attached hydrogens (tertiary/aromatic N) is 1. The van der Waals surface area contributed by atoms with Gasteiger partial charge < -0.3 is 9.94 Å². The third kappa shape index (κ3) is 3.00. The highest BCUT2D eigenvalue weighted by molar-refractivity contribution is 6.45. The van der Waals surface area contributed by atoms with Crippen molar-refractivity contribution in [3.8, 4) is 5.75 Å². The minimum atomic E-state index is -0.209. The van der Waals surface area contributed by atoms with Gasteiger partial charge in [-0.1, -0.05) is 41.0 Å².